The Hall–Kier alpha value is -1.36. The minimum atomic E-state index is 0.230. The average molecular weight is 282 g/mol. The highest BCUT2D eigenvalue weighted by atomic mass is 35.5. The van der Waals surface area contributed by atoms with Crippen LogP contribution >= 0.6 is 11.6 Å². The van der Waals surface area contributed by atoms with Gasteiger partial charge in [0, 0.05) is 6.04 Å². The van der Waals surface area contributed by atoms with Gasteiger partial charge in [-0.2, -0.15) is 15.1 Å². The van der Waals surface area contributed by atoms with Crippen molar-refractivity contribution in [1.82, 2.24) is 20.2 Å². The third-order valence-corrected chi connectivity index (χ3v) is 3.25. The molecule has 2 N–H and O–H groups in total. The molecule has 0 radical (unpaired) electrons. The molecule has 2 aromatic heterocycles. The summed E-state index contributed by atoms with van der Waals surface area (Å²) in [5.74, 6) is 1.50. The molecule has 0 fully saturated rings. The summed E-state index contributed by atoms with van der Waals surface area (Å²) in [5, 5.41) is 11.3. The molecular weight excluding hydrogens is 262 g/mol. The first-order valence-corrected chi connectivity index (χ1v) is 7.07. The van der Waals surface area contributed by atoms with Crippen LogP contribution in [0.15, 0.2) is 6.20 Å². The molecule has 104 valence electrons. The van der Waals surface area contributed by atoms with E-state index in [1.165, 1.54) is 12.8 Å². The van der Waals surface area contributed by atoms with Gasteiger partial charge < -0.3 is 5.32 Å². The molecule has 0 aromatic carbocycles. The van der Waals surface area contributed by atoms with Crippen LogP contribution in [0.5, 0.6) is 0 Å². The third kappa shape index (κ3) is 3.80. The van der Waals surface area contributed by atoms with E-state index in [9.17, 15) is 0 Å². The minimum absolute atomic E-state index is 0.230. The third-order valence-electron chi connectivity index (χ3n) is 3.08. The summed E-state index contributed by atoms with van der Waals surface area (Å²) < 4.78 is 0. The van der Waals surface area contributed by atoms with E-state index < -0.39 is 0 Å². The van der Waals surface area contributed by atoms with Crippen molar-refractivity contribution in [2.45, 2.75) is 46.1 Å². The molecule has 0 aliphatic rings. The number of nitrogens with zero attached hydrogens (tertiary/aromatic N) is 3. The van der Waals surface area contributed by atoms with Crippen LogP contribution in [0.25, 0.3) is 11.0 Å². The molecule has 0 aliphatic heterocycles. The predicted octanol–water partition coefficient (Wildman–Crippen LogP) is 3.63. The van der Waals surface area contributed by atoms with Gasteiger partial charge in [0.05, 0.1) is 11.6 Å². The highest BCUT2D eigenvalue weighted by molar-refractivity contribution is 6.28. The van der Waals surface area contributed by atoms with Crippen LogP contribution in [0.3, 0.4) is 0 Å². The van der Waals surface area contributed by atoms with E-state index in [1.807, 2.05) is 0 Å². The Balaban J connectivity index is 2.02. The molecule has 2 aromatic rings. The number of hydrogen-bond donors (Lipinski definition) is 2. The van der Waals surface area contributed by atoms with Crippen molar-refractivity contribution in [1.29, 1.82) is 0 Å². The molecule has 5 nitrogen and oxygen atoms in total. The zero-order valence-corrected chi connectivity index (χ0v) is 12.3. The molecule has 0 amide bonds. The van der Waals surface area contributed by atoms with Gasteiger partial charge in [0.2, 0.25) is 5.28 Å². The lowest BCUT2D eigenvalue weighted by Crippen LogP contribution is -2.16. The second-order valence-electron chi connectivity index (χ2n) is 5.34. The second kappa shape index (κ2) is 6.19. The summed E-state index contributed by atoms with van der Waals surface area (Å²) in [4.78, 5) is 8.33. The number of hydrogen-bond acceptors (Lipinski definition) is 4. The maximum atomic E-state index is 5.90. The van der Waals surface area contributed by atoms with Gasteiger partial charge in [0.1, 0.15) is 5.82 Å². The topological polar surface area (TPSA) is 66.5 Å². The first-order valence-electron chi connectivity index (χ1n) is 6.69. The summed E-state index contributed by atoms with van der Waals surface area (Å²) in [6.07, 6.45) is 5.28. The van der Waals surface area contributed by atoms with Gasteiger partial charge in [0.25, 0.3) is 0 Å². The van der Waals surface area contributed by atoms with E-state index in [4.69, 9.17) is 11.6 Å². The van der Waals surface area contributed by atoms with Crippen LogP contribution in [-0.2, 0) is 0 Å². The van der Waals surface area contributed by atoms with E-state index in [-0.39, 0.29) is 5.28 Å². The van der Waals surface area contributed by atoms with Gasteiger partial charge in [-0.1, -0.05) is 26.7 Å². The van der Waals surface area contributed by atoms with Crippen molar-refractivity contribution in [3.05, 3.63) is 11.5 Å². The fourth-order valence-electron chi connectivity index (χ4n) is 2.06. The number of aromatic amines is 1. The van der Waals surface area contributed by atoms with Crippen LogP contribution in [0.4, 0.5) is 5.82 Å². The Morgan fingerprint density at radius 1 is 1.26 bits per heavy atom. The molecule has 1 atom stereocenters. The molecule has 0 saturated heterocycles. The van der Waals surface area contributed by atoms with Crippen molar-refractivity contribution in [2.75, 3.05) is 5.32 Å². The lowest BCUT2D eigenvalue weighted by atomic mass is 10.0. The van der Waals surface area contributed by atoms with Crippen molar-refractivity contribution >= 4 is 28.5 Å². The SMILES string of the molecule is CC(C)CCCC(C)Nc1nc(Cl)nc2[nH]ncc12. The van der Waals surface area contributed by atoms with Crippen molar-refractivity contribution in [3.63, 3.8) is 0 Å². The van der Waals surface area contributed by atoms with Gasteiger partial charge in [-0.25, -0.2) is 0 Å². The first kappa shape index (κ1) is 14.1. The summed E-state index contributed by atoms with van der Waals surface area (Å²) >= 11 is 5.90. The number of fused-ring (bicyclic) bond motifs is 1. The molecule has 1 unspecified atom stereocenters. The molecule has 0 aliphatic carbocycles. The van der Waals surface area contributed by atoms with E-state index in [0.717, 1.165) is 23.5 Å². The Bertz CT molecular complexity index is 537. The van der Waals surface area contributed by atoms with Crippen LogP contribution in [-0.4, -0.2) is 26.2 Å². The lowest BCUT2D eigenvalue weighted by Gasteiger charge is -2.15. The van der Waals surface area contributed by atoms with Gasteiger partial charge in [-0.05, 0) is 30.9 Å². The summed E-state index contributed by atoms with van der Waals surface area (Å²) in [6, 6.07) is 0.350. The maximum absolute atomic E-state index is 5.90. The first-order chi connectivity index (χ1) is 9.06. The fraction of sp³-hybridized carbons (Fsp3) is 0.615. The van der Waals surface area contributed by atoms with Crippen molar-refractivity contribution in [3.8, 4) is 0 Å². The molecule has 6 heteroatoms. The fourth-order valence-corrected chi connectivity index (χ4v) is 2.22. The molecule has 19 heavy (non-hydrogen) atoms. The number of anilines is 1. The molecule has 0 saturated carbocycles. The van der Waals surface area contributed by atoms with E-state index in [2.05, 4.69) is 46.3 Å². The van der Waals surface area contributed by atoms with Crippen molar-refractivity contribution < 1.29 is 0 Å². The van der Waals surface area contributed by atoms with E-state index in [1.54, 1.807) is 6.20 Å². The van der Waals surface area contributed by atoms with Gasteiger partial charge in [-0.3, -0.25) is 5.10 Å². The Labute approximate surface area is 118 Å². The van der Waals surface area contributed by atoms with Gasteiger partial charge >= 0.3 is 0 Å². The number of rotatable bonds is 6. The Morgan fingerprint density at radius 2 is 2.05 bits per heavy atom. The van der Waals surface area contributed by atoms with Crippen molar-refractivity contribution in [2.24, 2.45) is 5.92 Å². The molecule has 0 spiro atoms. The quantitative estimate of drug-likeness (QED) is 0.794. The molecule has 2 heterocycles. The van der Waals surface area contributed by atoms with E-state index in [0.29, 0.717) is 11.7 Å². The Kier molecular flexibility index (Phi) is 4.58. The number of halogens is 1. The second-order valence-corrected chi connectivity index (χ2v) is 5.68. The highest BCUT2D eigenvalue weighted by Gasteiger charge is 2.11. The zero-order valence-electron chi connectivity index (χ0n) is 11.6. The molecular formula is C13H20ClN5. The smallest absolute Gasteiger partial charge is 0.226 e. The maximum Gasteiger partial charge on any atom is 0.226 e. The monoisotopic (exact) mass is 281 g/mol. The van der Waals surface area contributed by atoms with Crippen LogP contribution in [0.2, 0.25) is 5.28 Å². The molecule has 0 bridgehead atoms. The van der Waals surface area contributed by atoms with Gasteiger partial charge in [-0.15, -0.1) is 0 Å². The standard InChI is InChI=1S/C13H20ClN5/c1-8(2)5-4-6-9(3)16-11-10-7-15-19-12(10)18-13(14)17-11/h7-9H,4-6H2,1-3H3,(H2,15,16,17,18,19). The van der Waals surface area contributed by atoms with Crippen LogP contribution in [0.1, 0.15) is 40.0 Å². The van der Waals surface area contributed by atoms with Gasteiger partial charge in [0.15, 0.2) is 5.65 Å². The highest BCUT2D eigenvalue weighted by Crippen LogP contribution is 2.21. The average Bonchev–Trinajstić information content (AvgIpc) is 2.76. The number of H-pyrrole nitrogens is 1. The molecule has 2 rings (SSSR count). The summed E-state index contributed by atoms with van der Waals surface area (Å²) in [7, 11) is 0. The normalized spacial score (nSPS) is 13.1. The minimum Gasteiger partial charge on any atom is -0.367 e. The number of nitrogens with one attached hydrogen (secondary N) is 2. The summed E-state index contributed by atoms with van der Waals surface area (Å²) in [5.41, 5.74) is 0.664. The van der Waals surface area contributed by atoms with Crippen LogP contribution in [0, 0.1) is 5.92 Å². The largest absolute Gasteiger partial charge is 0.367 e. The number of aromatic nitrogens is 4. The van der Waals surface area contributed by atoms with Crippen LogP contribution < -0.4 is 5.32 Å². The summed E-state index contributed by atoms with van der Waals surface area (Å²) in [6.45, 7) is 6.65. The predicted molar refractivity (Wildman–Crippen MR) is 78.5 cm³/mol. The Morgan fingerprint density at radius 3 is 2.79 bits per heavy atom. The lowest BCUT2D eigenvalue weighted by molar-refractivity contribution is 0.520. The van der Waals surface area contributed by atoms with E-state index >= 15 is 0 Å². The zero-order chi connectivity index (χ0) is 13.8.